The lowest BCUT2D eigenvalue weighted by molar-refractivity contribution is -0.134. The molecule has 0 heterocycles. The molecule has 2 nitrogen and oxygen atoms in total. The highest BCUT2D eigenvalue weighted by molar-refractivity contribution is 5.72. The van der Waals surface area contributed by atoms with Gasteiger partial charge in [0.15, 0.2) is 0 Å². The van der Waals surface area contributed by atoms with Crippen molar-refractivity contribution in [2.75, 3.05) is 0 Å². The Morgan fingerprint density at radius 2 is 1.45 bits per heavy atom. The largest absolute Gasteiger partial charge is 0.427 e. The minimum Gasteiger partial charge on any atom is -0.427 e. The summed E-state index contributed by atoms with van der Waals surface area (Å²) in [4.78, 5) is 11.9. The second-order valence-electron chi connectivity index (χ2n) is 9.68. The van der Waals surface area contributed by atoms with E-state index in [-0.39, 0.29) is 5.97 Å². The van der Waals surface area contributed by atoms with E-state index in [9.17, 15) is 4.79 Å². The van der Waals surface area contributed by atoms with Crippen LogP contribution in [0.4, 0.5) is 0 Å². The summed E-state index contributed by atoms with van der Waals surface area (Å²) >= 11 is 0. The first kappa shape index (κ1) is 22.4. The van der Waals surface area contributed by atoms with E-state index in [4.69, 9.17) is 4.74 Å². The zero-order chi connectivity index (χ0) is 20.5. The zero-order valence-corrected chi connectivity index (χ0v) is 18.8. The van der Waals surface area contributed by atoms with E-state index in [1.165, 1.54) is 69.8 Å². The topological polar surface area (TPSA) is 26.3 Å². The molecular formula is C27H42O2. The van der Waals surface area contributed by atoms with Crippen molar-refractivity contribution in [1.29, 1.82) is 0 Å². The number of rotatable bonds is 9. The van der Waals surface area contributed by atoms with Gasteiger partial charge in [-0.2, -0.15) is 0 Å². The summed E-state index contributed by atoms with van der Waals surface area (Å²) in [6, 6.07) is 8.37. The normalized spacial score (nSPS) is 27.5. The molecule has 0 amide bonds. The van der Waals surface area contributed by atoms with E-state index < -0.39 is 0 Å². The maximum absolute atomic E-state index is 11.9. The number of carbonyl (C=O) groups is 1. The van der Waals surface area contributed by atoms with Crippen LogP contribution < -0.4 is 4.74 Å². The third kappa shape index (κ3) is 6.86. The van der Waals surface area contributed by atoms with Gasteiger partial charge in [-0.05, 0) is 86.3 Å². The summed E-state index contributed by atoms with van der Waals surface area (Å²) in [5, 5.41) is 0. The van der Waals surface area contributed by atoms with Crippen molar-refractivity contribution in [2.45, 2.75) is 110 Å². The molecule has 0 aliphatic heterocycles. The Morgan fingerprint density at radius 1 is 0.828 bits per heavy atom. The van der Waals surface area contributed by atoms with Gasteiger partial charge in [0.1, 0.15) is 5.75 Å². The summed E-state index contributed by atoms with van der Waals surface area (Å²) in [6.45, 7) is 4.48. The van der Waals surface area contributed by atoms with Gasteiger partial charge < -0.3 is 4.74 Å². The van der Waals surface area contributed by atoms with Crippen LogP contribution in [-0.4, -0.2) is 5.97 Å². The highest BCUT2D eigenvalue weighted by atomic mass is 16.5. The predicted octanol–water partition coefficient (Wildman–Crippen LogP) is 8.05. The Kier molecular flexibility index (Phi) is 9.08. The molecule has 2 aliphatic carbocycles. The van der Waals surface area contributed by atoms with Crippen LogP contribution in [0.1, 0.15) is 115 Å². The van der Waals surface area contributed by atoms with Crippen LogP contribution in [0.15, 0.2) is 24.3 Å². The molecule has 2 saturated carbocycles. The predicted molar refractivity (Wildman–Crippen MR) is 121 cm³/mol. The molecule has 1 aromatic carbocycles. The average Bonchev–Trinajstić information content (AvgIpc) is 2.75. The Balaban J connectivity index is 1.41. The fourth-order valence-electron chi connectivity index (χ4n) is 5.79. The van der Waals surface area contributed by atoms with Crippen molar-refractivity contribution in [3.8, 4) is 5.75 Å². The molecule has 1 aromatic rings. The van der Waals surface area contributed by atoms with Gasteiger partial charge in [-0.1, -0.05) is 64.5 Å². The number of hydrogen-bond donors (Lipinski definition) is 0. The van der Waals surface area contributed by atoms with Crippen molar-refractivity contribution < 1.29 is 9.53 Å². The molecule has 0 radical (unpaired) electrons. The van der Waals surface area contributed by atoms with Crippen molar-refractivity contribution in [3.05, 3.63) is 29.8 Å². The van der Waals surface area contributed by atoms with E-state index in [1.54, 1.807) is 0 Å². The van der Waals surface area contributed by atoms with Gasteiger partial charge in [0, 0.05) is 6.42 Å². The van der Waals surface area contributed by atoms with Crippen molar-refractivity contribution in [1.82, 2.24) is 0 Å². The second kappa shape index (κ2) is 11.8. The highest BCUT2D eigenvalue weighted by Crippen LogP contribution is 2.44. The Morgan fingerprint density at radius 3 is 2.03 bits per heavy atom. The third-order valence-electron chi connectivity index (χ3n) is 7.59. The monoisotopic (exact) mass is 398 g/mol. The number of hydrogen-bond acceptors (Lipinski definition) is 2. The van der Waals surface area contributed by atoms with Gasteiger partial charge in [-0.15, -0.1) is 0 Å². The van der Waals surface area contributed by atoms with Gasteiger partial charge in [0.25, 0.3) is 0 Å². The van der Waals surface area contributed by atoms with Crippen molar-refractivity contribution >= 4 is 5.97 Å². The number of carbonyl (C=O) groups excluding carboxylic acids is 1. The van der Waals surface area contributed by atoms with Crippen LogP contribution in [0.3, 0.4) is 0 Å². The van der Waals surface area contributed by atoms with E-state index in [0.29, 0.717) is 18.1 Å². The van der Waals surface area contributed by atoms with Gasteiger partial charge in [0.05, 0.1) is 0 Å². The molecule has 0 bridgehead atoms. The SMILES string of the molecule is CCCCCC(=O)Oc1ccc([C@H]2CC[C@H]([C@H]3CC[C@H](CCC)CC3)CC2)cc1. The van der Waals surface area contributed by atoms with E-state index in [2.05, 4.69) is 26.0 Å². The average molecular weight is 399 g/mol. The van der Waals surface area contributed by atoms with E-state index >= 15 is 0 Å². The zero-order valence-electron chi connectivity index (χ0n) is 18.8. The number of unbranched alkanes of at least 4 members (excludes halogenated alkanes) is 2. The molecule has 2 heteroatoms. The molecule has 2 aliphatic rings. The fourth-order valence-corrected chi connectivity index (χ4v) is 5.79. The second-order valence-corrected chi connectivity index (χ2v) is 9.68. The summed E-state index contributed by atoms with van der Waals surface area (Å²) in [6.07, 6.45) is 17.9. The van der Waals surface area contributed by atoms with Gasteiger partial charge >= 0.3 is 5.97 Å². The molecule has 0 unspecified atom stereocenters. The minimum atomic E-state index is -0.0969. The molecule has 0 N–H and O–H groups in total. The van der Waals surface area contributed by atoms with Gasteiger partial charge in [0.2, 0.25) is 0 Å². The van der Waals surface area contributed by atoms with E-state index in [1.807, 2.05) is 12.1 Å². The number of ether oxygens (including phenoxy) is 1. The quantitative estimate of drug-likeness (QED) is 0.239. The first-order valence-electron chi connectivity index (χ1n) is 12.5. The maximum atomic E-state index is 11.9. The van der Waals surface area contributed by atoms with E-state index in [0.717, 1.165) is 37.0 Å². The van der Waals surface area contributed by atoms with Crippen molar-refractivity contribution in [3.63, 3.8) is 0 Å². The molecule has 3 rings (SSSR count). The summed E-state index contributed by atoms with van der Waals surface area (Å²) in [5.74, 6) is 4.28. The molecule has 29 heavy (non-hydrogen) atoms. The number of benzene rings is 1. The van der Waals surface area contributed by atoms with Gasteiger partial charge in [-0.3, -0.25) is 4.79 Å². The molecule has 0 aromatic heterocycles. The van der Waals surface area contributed by atoms with Gasteiger partial charge in [-0.25, -0.2) is 0 Å². The molecular weight excluding hydrogens is 356 g/mol. The molecule has 0 saturated heterocycles. The molecule has 2 fully saturated rings. The standard InChI is InChI=1S/C27H42O2/c1-3-5-6-8-27(28)29-26-19-17-25(18-20-26)24-15-13-23(14-16-24)22-11-9-21(7-4-2)10-12-22/h17-24H,3-16H2,1-2H3/t21-,22-,23-,24-. The smallest absolute Gasteiger partial charge is 0.311 e. The van der Waals surface area contributed by atoms with Crippen LogP contribution in [0.2, 0.25) is 0 Å². The lowest BCUT2D eigenvalue weighted by atomic mass is 9.68. The third-order valence-corrected chi connectivity index (χ3v) is 7.59. The summed E-state index contributed by atoms with van der Waals surface area (Å²) in [7, 11) is 0. The molecule has 162 valence electrons. The Bertz CT molecular complexity index is 589. The summed E-state index contributed by atoms with van der Waals surface area (Å²) in [5.41, 5.74) is 1.43. The maximum Gasteiger partial charge on any atom is 0.311 e. The first-order chi connectivity index (χ1) is 14.2. The fraction of sp³-hybridized carbons (Fsp3) is 0.741. The minimum absolute atomic E-state index is 0.0969. The van der Waals surface area contributed by atoms with Crippen molar-refractivity contribution in [2.24, 2.45) is 17.8 Å². The van der Waals surface area contributed by atoms with Crippen LogP contribution in [-0.2, 0) is 4.79 Å². The highest BCUT2D eigenvalue weighted by Gasteiger charge is 2.31. The van der Waals surface area contributed by atoms with Crippen LogP contribution in [0.25, 0.3) is 0 Å². The molecule has 0 atom stereocenters. The first-order valence-corrected chi connectivity index (χ1v) is 12.5. The van der Waals surface area contributed by atoms with Crippen LogP contribution >= 0.6 is 0 Å². The Hall–Kier alpha value is -1.31. The summed E-state index contributed by atoms with van der Waals surface area (Å²) < 4.78 is 5.49. The lowest BCUT2D eigenvalue weighted by Crippen LogP contribution is -2.25. The molecule has 0 spiro atoms. The van der Waals surface area contributed by atoms with Crippen LogP contribution in [0.5, 0.6) is 5.75 Å². The Labute approximate surface area is 178 Å². The van der Waals surface area contributed by atoms with Crippen LogP contribution in [0, 0.1) is 17.8 Å². The number of esters is 1. The lowest BCUT2D eigenvalue weighted by Gasteiger charge is -2.38.